The van der Waals surface area contributed by atoms with Crippen molar-refractivity contribution in [3.63, 3.8) is 0 Å². The molecule has 4 rings (SSSR count). The predicted molar refractivity (Wildman–Crippen MR) is 142 cm³/mol. The fourth-order valence-electron chi connectivity index (χ4n) is 4.36. The number of anilines is 2. The van der Waals surface area contributed by atoms with Crippen molar-refractivity contribution < 1.29 is 23.2 Å². The molecule has 37 heavy (non-hydrogen) atoms. The van der Waals surface area contributed by atoms with Gasteiger partial charge in [0, 0.05) is 25.5 Å². The maximum absolute atomic E-state index is 16.1. The molecular formula is C23H31FN7O4PS. The van der Waals surface area contributed by atoms with E-state index in [1.807, 2.05) is 37.3 Å². The molecule has 0 bridgehead atoms. The number of hydrogen-bond donors (Lipinski definition) is 3. The minimum absolute atomic E-state index is 0.0595. The van der Waals surface area contributed by atoms with Gasteiger partial charge in [-0.2, -0.15) is 9.97 Å². The van der Waals surface area contributed by atoms with Gasteiger partial charge in [0.25, 0.3) is 0 Å². The van der Waals surface area contributed by atoms with Crippen molar-refractivity contribution in [1.82, 2.24) is 24.6 Å². The van der Waals surface area contributed by atoms with Gasteiger partial charge in [-0.25, -0.2) is 9.37 Å². The number of aromatic nitrogens is 4. The third-order valence-corrected chi connectivity index (χ3v) is 9.19. The van der Waals surface area contributed by atoms with E-state index in [0.717, 1.165) is 5.56 Å². The topological polar surface area (TPSA) is 138 Å². The molecule has 0 saturated carbocycles. The maximum Gasteiger partial charge on any atom is 0.322 e. The minimum atomic E-state index is -2.92. The molecule has 4 N–H and O–H groups in total. The Morgan fingerprint density at radius 3 is 2.81 bits per heavy atom. The van der Waals surface area contributed by atoms with Gasteiger partial charge in [-0.1, -0.05) is 37.3 Å². The Labute approximate surface area is 219 Å². The van der Waals surface area contributed by atoms with Crippen LogP contribution in [0.15, 0.2) is 36.7 Å². The zero-order chi connectivity index (χ0) is 26.8. The van der Waals surface area contributed by atoms with E-state index in [9.17, 15) is 4.79 Å². The summed E-state index contributed by atoms with van der Waals surface area (Å²) < 4.78 is 34.5. The van der Waals surface area contributed by atoms with Crippen molar-refractivity contribution in [3.05, 3.63) is 42.2 Å². The van der Waals surface area contributed by atoms with Crippen LogP contribution in [0.25, 0.3) is 11.2 Å². The lowest BCUT2D eigenvalue weighted by atomic mass is 10.1. The van der Waals surface area contributed by atoms with Crippen LogP contribution in [-0.2, 0) is 36.8 Å². The summed E-state index contributed by atoms with van der Waals surface area (Å²) in [6.07, 6.45) is -1.71. The summed E-state index contributed by atoms with van der Waals surface area (Å²) in [5.41, 5.74) is 7.70. The minimum Gasteiger partial charge on any atom is -0.468 e. The first-order chi connectivity index (χ1) is 17.6. The molecule has 2 aromatic heterocycles. The first kappa shape index (κ1) is 27.3. The molecule has 1 saturated heterocycles. The summed E-state index contributed by atoms with van der Waals surface area (Å²) in [6.45, 7) is 3.09. The summed E-state index contributed by atoms with van der Waals surface area (Å²) in [7, 11) is 3.00. The smallest absolute Gasteiger partial charge is 0.322 e. The van der Waals surface area contributed by atoms with E-state index in [1.165, 1.54) is 13.4 Å². The highest BCUT2D eigenvalue weighted by Gasteiger charge is 2.48. The van der Waals surface area contributed by atoms with E-state index < -0.39 is 37.1 Å². The van der Waals surface area contributed by atoms with Crippen molar-refractivity contribution in [2.45, 2.75) is 44.6 Å². The molecule has 1 fully saturated rings. The largest absolute Gasteiger partial charge is 0.468 e. The Morgan fingerprint density at radius 1 is 1.41 bits per heavy atom. The first-order valence-corrected chi connectivity index (χ1v) is 14.6. The Bertz CT molecular complexity index is 1310. The van der Waals surface area contributed by atoms with Gasteiger partial charge in [0.1, 0.15) is 25.3 Å². The Balaban J connectivity index is 1.54. The molecule has 200 valence electrons. The molecule has 0 aliphatic carbocycles. The molecule has 1 unspecified atom stereocenters. The number of hydrogen-bond acceptors (Lipinski definition) is 10. The number of imidazole rings is 1. The van der Waals surface area contributed by atoms with E-state index >= 15 is 4.39 Å². The monoisotopic (exact) mass is 551 g/mol. The van der Waals surface area contributed by atoms with Crippen molar-refractivity contribution in [3.8, 4) is 0 Å². The number of fused-ring (bicyclic) bond motifs is 1. The van der Waals surface area contributed by atoms with E-state index in [0.29, 0.717) is 23.1 Å². The predicted octanol–water partition coefficient (Wildman–Crippen LogP) is 3.35. The molecule has 14 heteroatoms. The van der Waals surface area contributed by atoms with Gasteiger partial charge in [-0.05, 0) is 24.3 Å². The molecule has 3 heterocycles. The average Bonchev–Trinajstić information content (AvgIpc) is 3.42. The molecule has 11 nitrogen and oxygen atoms in total. The SMILES string of the molecule is CNc1nc(N)nc2c1ncn2[C@@H]1O[C@](F)(COP(=S)(Cc2ccccc2)N[C@@H](C)C(=O)OC)C[C@@H]1C. The molecule has 0 amide bonds. The van der Waals surface area contributed by atoms with Gasteiger partial charge >= 0.3 is 5.97 Å². The number of nitrogens with two attached hydrogens (primary N) is 1. The Morgan fingerprint density at radius 2 is 2.14 bits per heavy atom. The normalized spacial score (nSPS) is 24.0. The molecule has 1 aromatic carbocycles. The van der Waals surface area contributed by atoms with Crippen LogP contribution in [-0.4, -0.2) is 58.1 Å². The summed E-state index contributed by atoms with van der Waals surface area (Å²) in [6, 6.07) is 8.74. The molecule has 1 aliphatic rings. The summed E-state index contributed by atoms with van der Waals surface area (Å²) in [5.74, 6) is -2.32. The number of rotatable bonds is 10. The van der Waals surface area contributed by atoms with Crippen LogP contribution in [0, 0.1) is 5.92 Å². The van der Waals surface area contributed by atoms with Crippen molar-refractivity contribution in [1.29, 1.82) is 0 Å². The fourth-order valence-corrected chi connectivity index (χ4v) is 7.48. The first-order valence-electron chi connectivity index (χ1n) is 11.7. The van der Waals surface area contributed by atoms with Crippen LogP contribution >= 0.6 is 6.42 Å². The number of benzene rings is 1. The highest BCUT2D eigenvalue weighted by atomic mass is 32.4. The highest BCUT2D eigenvalue weighted by Crippen LogP contribution is 2.51. The second kappa shape index (κ2) is 11.0. The third-order valence-electron chi connectivity index (χ3n) is 6.06. The molecule has 0 radical (unpaired) electrons. The van der Waals surface area contributed by atoms with Crippen LogP contribution < -0.4 is 16.1 Å². The molecule has 3 aromatic rings. The van der Waals surface area contributed by atoms with E-state index in [2.05, 4.69) is 25.4 Å². The lowest BCUT2D eigenvalue weighted by Crippen LogP contribution is -2.35. The lowest BCUT2D eigenvalue weighted by Gasteiger charge is -2.29. The summed E-state index contributed by atoms with van der Waals surface area (Å²) in [5, 5.41) is 6.02. The van der Waals surface area contributed by atoms with Crippen LogP contribution in [0.2, 0.25) is 0 Å². The molecule has 1 aliphatic heterocycles. The number of carbonyl (C=O) groups excluding carboxylic acids is 1. The number of methoxy groups -OCH3 is 1. The third kappa shape index (κ3) is 6.07. The zero-order valence-electron chi connectivity index (χ0n) is 21.1. The standard InChI is InChI=1S/C23H31FN7O4PS/c1-14-10-23(24,35-20(14)31-13-27-17-18(26-3)28-22(25)29-19(17)31)12-34-36(37,30-15(2)21(32)33-4)11-16-8-6-5-7-9-16/h5-9,13-15,20H,10-12H2,1-4H3,(H,30,37)(H3,25,26,28,29)/t14-,15-,20+,23-,36?/m0/s1. The quantitative estimate of drug-likeness (QED) is 0.253. The van der Waals surface area contributed by atoms with Gasteiger partial charge in [0.05, 0.1) is 13.4 Å². The zero-order valence-corrected chi connectivity index (χ0v) is 22.8. The molecular weight excluding hydrogens is 520 g/mol. The number of ether oxygens (including phenoxy) is 2. The second-order valence-corrected chi connectivity index (χ2v) is 13.0. The van der Waals surface area contributed by atoms with Crippen LogP contribution in [0.1, 0.15) is 32.1 Å². The van der Waals surface area contributed by atoms with Crippen LogP contribution in [0.4, 0.5) is 16.2 Å². The van der Waals surface area contributed by atoms with Crippen molar-refractivity contribution in [2.24, 2.45) is 5.92 Å². The van der Waals surface area contributed by atoms with Crippen molar-refractivity contribution >= 4 is 47.1 Å². The maximum atomic E-state index is 16.1. The fraction of sp³-hybridized carbons (Fsp3) is 0.478. The van der Waals surface area contributed by atoms with Crippen molar-refractivity contribution in [2.75, 3.05) is 31.8 Å². The number of nitrogens with one attached hydrogen (secondary N) is 2. The summed E-state index contributed by atoms with van der Waals surface area (Å²) >= 11 is 5.85. The van der Waals surface area contributed by atoms with Gasteiger partial charge in [-0.3, -0.25) is 14.4 Å². The van der Waals surface area contributed by atoms with Crippen LogP contribution in [0.5, 0.6) is 0 Å². The number of nitrogens with zero attached hydrogens (tertiary/aromatic N) is 4. The lowest BCUT2D eigenvalue weighted by molar-refractivity contribution is -0.172. The highest BCUT2D eigenvalue weighted by molar-refractivity contribution is 8.10. The number of alkyl halides is 1. The molecule has 5 atom stereocenters. The Hall–Kier alpha value is -2.70. The van der Waals surface area contributed by atoms with E-state index in [1.54, 1.807) is 18.5 Å². The molecule has 0 spiro atoms. The van der Waals surface area contributed by atoms with E-state index in [-0.39, 0.29) is 18.3 Å². The van der Waals surface area contributed by atoms with Gasteiger partial charge < -0.3 is 25.0 Å². The number of esters is 1. The van der Waals surface area contributed by atoms with Crippen LogP contribution in [0.3, 0.4) is 0 Å². The van der Waals surface area contributed by atoms with Gasteiger partial charge in [0.15, 0.2) is 17.0 Å². The van der Waals surface area contributed by atoms with Gasteiger partial charge in [-0.15, -0.1) is 0 Å². The number of carbonyl (C=O) groups is 1. The number of halogens is 1. The second-order valence-electron chi connectivity index (χ2n) is 9.04. The average molecular weight is 552 g/mol. The van der Waals surface area contributed by atoms with Gasteiger partial charge in [0.2, 0.25) is 11.8 Å². The van der Waals surface area contributed by atoms with E-state index in [4.69, 9.17) is 31.5 Å². The Kier molecular flexibility index (Phi) is 8.10. The number of nitrogen functional groups attached to an aromatic ring is 1. The summed E-state index contributed by atoms with van der Waals surface area (Å²) in [4.78, 5) is 24.9.